The Morgan fingerprint density at radius 2 is 1.83 bits per heavy atom. The fraction of sp³-hybridized carbons (Fsp3) is 0.150. The Morgan fingerprint density at radius 1 is 1.07 bits per heavy atom. The minimum absolute atomic E-state index is 0.0373. The van der Waals surface area contributed by atoms with Crippen LogP contribution in [0.1, 0.15) is 16.1 Å². The van der Waals surface area contributed by atoms with Crippen molar-refractivity contribution in [2.45, 2.75) is 12.6 Å². The van der Waals surface area contributed by atoms with Crippen LogP contribution in [-0.2, 0) is 11.2 Å². The fourth-order valence-corrected chi connectivity index (χ4v) is 3.13. The van der Waals surface area contributed by atoms with Gasteiger partial charge in [0, 0.05) is 47.4 Å². The lowest BCUT2D eigenvalue weighted by molar-refractivity contribution is -0.167. The molecule has 4 rings (SSSR count). The molecule has 0 saturated heterocycles. The number of fused-ring (bicyclic) bond motifs is 1. The number of nitrogens with zero attached hydrogens (tertiary/aromatic N) is 1. The van der Waals surface area contributed by atoms with E-state index in [2.05, 4.69) is 15.3 Å². The molecular weight excluding hydrogens is 385 g/mol. The predicted molar refractivity (Wildman–Crippen MR) is 100 cm³/mol. The van der Waals surface area contributed by atoms with Crippen LogP contribution in [0.3, 0.4) is 0 Å². The van der Waals surface area contributed by atoms with Gasteiger partial charge in [-0.15, -0.1) is 0 Å². The summed E-state index contributed by atoms with van der Waals surface area (Å²) in [5.74, 6) is -2.13. The normalized spacial score (nSPS) is 13.6. The average Bonchev–Trinajstić information content (AvgIpc) is 3.14. The highest BCUT2D eigenvalue weighted by atomic mass is 19.4. The molecule has 1 aromatic carbocycles. The lowest BCUT2D eigenvalue weighted by Crippen LogP contribution is -2.31. The molecule has 0 radical (unpaired) electrons. The van der Waals surface area contributed by atoms with E-state index >= 15 is 0 Å². The van der Waals surface area contributed by atoms with E-state index in [1.54, 1.807) is 35.8 Å². The van der Waals surface area contributed by atoms with E-state index in [-0.39, 0.29) is 11.6 Å². The number of carbonyl (C=O) groups is 2. The van der Waals surface area contributed by atoms with Gasteiger partial charge in [-0.05, 0) is 30.3 Å². The molecule has 0 saturated carbocycles. The van der Waals surface area contributed by atoms with Crippen LogP contribution in [0.25, 0.3) is 22.5 Å². The van der Waals surface area contributed by atoms with Crippen molar-refractivity contribution in [3.05, 3.63) is 59.9 Å². The second-order valence-electron chi connectivity index (χ2n) is 6.54. The second kappa shape index (κ2) is 7.08. The Bertz CT molecular complexity index is 1090. The molecule has 0 spiro atoms. The van der Waals surface area contributed by atoms with Gasteiger partial charge in [0.05, 0.1) is 11.3 Å². The van der Waals surface area contributed by atoms with Gasteiger partial charge in [0.1, 0.15) is 0 Å². The minimum atomic E-state index is -4.94. The van der Waals surface area contributed by atoms with E-state index in [0.29, 0.717) is 23.4 Å². The van der Waals surface area contributed by atoms with Gasteiger partial charge in [-0.2, -0.15) is 13.2 Å². The molecule has 1 aliphatic heterocycles. The summed E-state index contributed by atoms with van der Waals surface area (Å²) in [7, 11) is 0. The van der Waals surface area contributed by atoms with Crippen molar-refractivity contribution in [1.29, 1.82) is 0 Å². The number of halogens is 3. The summed E-state index contributed by atoms with van der Waals surface area (Å²) in [5.41, 5.74) is 4.42. The highest BCUT2D eigenvalue weighted by Crippen LogP contribution is 2.28. The maximum atomic E-state index is 12.3. The van der Waals surface area contributed by atoms with E-state index in [9.17, 15) is 22.8 Å². The number of amides is 2. The van der Waals surface area contributed by atoms with Crippen molar-refractivity contribution in [1.82, 2.24) is 15.3 Å². The van der Waals surface area contributed by atoms with Gasteiger partial charge in [-0.3, -0.25) is 14.6 Å². The molecule has 0 fully saturated rings. The molecule has 3 aromatic rings. The monoisotopic (exact) mass is 400 g/mol. The van der Waals surface area contributed by atoms with Crippen LogP contribution in [-0.4, -0.2) is 34.5 Å². The number of alkyl halides is 3. The summed E-state index contributed by atoms with van der Waals surface area (Å²) < 4.78 is 37.0. The number of aromatic amines is 1. The lowest BCUT2D eigenvalue weighted by atomic mass is 10.1. The Balaban J connectivity index is 1.58. The summed E-state index contributed by atoms with van der Waals surface area (Å²) in [6, 6.07) is 11.3. The number of aromatic nitrogens is 2. The summed E-state index contributed by atoms with van der Waals surface area (Å²) in [6.45, 7) is 0.588. The van der Waals surface area contributed by atoms with Crippen LogP contribution in [0.2, 0.25) is 0 Å². The first-order chi connectivity index (χ1) is 13.8. The molecule has 6 nitrogen and oxygen atoms in total. The lowest BCUT2D eigenvalue weighted by Gasteiger charge is -2.11. The molecule has 0 bridgehead atoms. The fourth-order valence-electron chi connectivity index (χ4n) is 3.13. The van der Waals surface area contributed by atoms with Crippen molar-refractivity contribution in [2.24, 2.45) is 0 Å². The van der Waals surface area contributed by atoms with Crippen LogP contribution < -0.4 is 10.6 Å². The summed E-state index contributed by atoms with van der Waals surface area (Å²) in [6.07, 6.45) is -2.60. The summed E-state index contributed by atoms with van der Waals surface area (Å²) in [5, 5.41) is 4.60. The SMILES string of the molecule is O=C1NCCc2[nH]c(-c3ccnc(-c4ccc(NC(=O)C(F)(F)F)cc4)c3)cc21. The van der Waals surface area contributed by atoms with E-state index < -0.39 is 12.1 Å². The number of H-pyrrole nitrogens is 1. The number of benzene rings is 1. The van der Waals surface area contributed by atoms with Crippen molar-refractivity contribution >= 4 is 17.5 Å². The molecule has 3 heterocycles. The van der Waals surface area contributed by atoms with Gasteiger partial charge in [0.15, 0.2) is 0 Å². The van der Waals surface area contributed by atoms with Crippen molar-refractivity contribution < 1.29 is 22.8 Å². The van der Waals surface area contributed by atoms with E-state index in [1.807, 2.05) is 6.07 Å². The standard InChI is InChI=1S/C20H15F3N4O2/c21-20(22,23)19(29)26-13-3-1-11(2-4-13)16-9-12(5-7-24-16)17-10-14-15(27-17)6-8-25-18(14)28/h1-5,7,9-10,27H,6,8H2,(H,25,28)(H,26,29). The van der Waals surface area contributed by atoms with Gasteiger partial charge in [-0.25, -0.2) is 0 Å². The number of hydrogen-bond acceptors (Lipinski definition) is 3. The molecule has 1 aliphatic rings. The number of anilines is 1. The van der Waals surface area contributed by atoms with Crippen molar-refractivity contribution in [3.63, 3.8) is 0 Å². The van der Waals surface area contributed by atoms with Crippen LogP contribution in [0.15, 0.2) is 48.7 Å². The zero-order chi connectivity index (χ0) is 20.6. The van der Waals surface area contributed by atoms with E-state index in [0.717, 1.165) is 23.4 Å². The first kappa shape index (κ1) is 18.7. The van der Waals surface area contributed by atoms with Gasteiger partial charge in [0.2, 0.25) is 0 Å². The number of hydrogen-bond donors (Lipinski definition) is 3. The molecule has 148 valence electrons. The van der Waals surface area contributed by atoms with Gasteiger partial charge >= 0.3 is 12.1 Å². The third-order valence-electron chi connectivity index (χ3n) is 4.57. The quantitative estimate of drug-likeness (QED) is 0.629. The minimum Gasteiger partial charge on any atom is -0.358 e. The van der Waals surface area contributed by atoms with E-state index in [1.165, 1.54) is 12.1 Å². The predicted octanol–water partition coefficient (Wildman–Crippen LogP) is 3.53. The molecule has 0 aliphatic carbocycles. The number of nitrogens with one attached hydrogen (secondary N) is 3. The third kappa shape index (κ3) is 3.84. The summed E-state index contributed by atoms with van der Waals surface area (Å²) >= 11 is 0. The van der Waals surface area contributed by atoms with Crippen LogP contribution in [0, 0.1) is 0 Å². The largest absolute Gasteiger partial charge is 0.471 e. The maximum Gasteiger partial charge on any atom is 0.471 e. The Hall–Kier alpha value is -3.62. The van der Waals surface area contributed by atoms with Gasteiger partial charge in [0.25, 0.3) is 5.91 Å². The first-order valence-corrected chi connectivity index (χ1v) is 8.76. The highest BCUT2D eigenvalue weighted by Gasteiger charge is 2.38. The average molecular weight is 400 g/mol. The number of rotatable bonds is 3. The Kier molecular flexibility index (Phi) is 4.57. The third-order valence-corrected chi connectivity index (χ3v) is 4.57. The zero-order valence-corrected chi connectivity index (χ0v) is 14.9. The van der Waals surface area contributed by atoms with Crippen LogP contribution >= 0.6 is 0 Å². The highest BCUT2D eigenvalue weighted by molar-refractivity contribution is 5.98. The number of carbonyl (C=O) groups excluding carboxylic acids is 2. The number of pyridine rings is 1. The maximum absolute atomic E-state index is 12.3. The van der Waals surface area contributed by atoms with Gasteiger partial charge in [-0.1, -0.05) is 12.1 Å². The Labute approximate surface area is 163 Å². The smallest absolute Gasteiger partial charge is 0.358 e. The van der Waals surface area contributed by atoms with Gasteiger partial charge < -0.3 is 15.6 Å². The second-order valence-corrected chi connectivity index (χ2v) is 6.54. The molecule has 2 amide bonds. The molecular formula is C20H15F3N4O2. The summed E-state index contributed by atoms with van der Waals surface area (Å²) in [4.78, 5) is 30.5. The zero-order valence-electron chi connectivity index (χ0n) is 14.9. The molecule has 0 unspecified atom stereocenters. The molecule has 29 heavy (non-hydrogen) atoms. The molecule has 9 heteroatoms. The van der Waals surface area contributed by atoms with Crippen LogP contribution in [0.5, 0.6) is 0 Å². The molecule has 3 N–H and O–H groups in total. The Morgan fingerprint density at radius 3 is 2.52 bits per heavy atom. The first-order valence-electron chi connectivity index (χ1n) is 8.76. The van der Waals surface area contributed by atoms with Crippen LogP contribution in [0.4, 0.5) is 18.9 Å². The topological polar surface area (TPSA) is 86.9 Å². The van der Waals surface area contributed by atoms with Crippen molar-refractivity contribution in [2.75, 3.05) is 11.9 Å². The van der Waals surface area contributed by atoms with E-state index in [4.69, 9.17) is 0 Å². The molecule has 2 aromatic heterocycles. The van der Waals surface area contributed by atoms with Crippen molar-refractivity contribution in [3.8, 4) is 22.5 Å². The molecule has 0 atom stereocenters.